The molecule has 0 aromatic rings. The van der Waals surface area contributed by atoms with Crippen LogP contribution in [0.2, 0.25) is 0 Å². The molecule has 0 nitrogen and oxygen atoms in total. The first-order valence-electron chi connectivity index (χ1n) is 4.30. The second-order valence-corrected chi connectivity index (χ2v) is 4.83. The Kier molecular flexibility index (Phi) is 2.79. The van der Waals surface area contributed by atoms with E-state index < -0.39 is 0 Å². The van der Waals surface area contributed by atoms with E-state index in [1.807, 2.05) is 0 Å². The van der Waals surface area contributed by atoms with Gasteiger partial charge in [-0.25, -0.2) is 0 Å². The number of rotatable bonds is 1. The molecule has 0 heterocycles. The predicted molar refractivity (Wildman–Crippen MR) is 54.1 cm³/mol. The van der Waals surface area contributed by atoms with Crippen LogP contribution in [0, 0.1) is 11.3 Å². The van der Waals surface area contributed by atoms with E-state index >= 15 is 0 Å². The summed E-state index contributed by atoms with van der Waals surface area (Å²) >= 11 is 3.59. The third-order valence-corrected chi connectivity index (χ3v) is 3.55. The van der Waals surface area contributed by atoms with Crippen LogP contribution >= 0.6 is 15.9 Å². The maximum absolute atomic E-state index is 3.59. The molecule has 0 bridgehead atoms. The molecule has 0 aliphatic heterocycles. The van der Waals surface area contributed by atoms with Crippen molar-refractivity contribution < 1.29 is 0 Å². The molecular weight excluding hydrogens is 200 g/mol. The SMILES string of the molecule is CC1=CCCC(C)(C)C1CBr. The summed E-state index contributed by atoms with van der Waals surface area (Å²) in [5.74, 6) is 0.747. The van der Waals surface area contributed by atoms with Gasteiger partial charge in [0.2, 0.25) is 0 Å². The van der Waals surface area contributed by atoms with E-state index in [0.717, 1.165) is 11.2 Å². The highest BCUT2D eigenvalue weighted by Crippen LogP contribution is 2.41. The maximum Gasteiger partial charge on any atom is 0.0102 e. The molecule has 1 atom stereocenters. The van der Waals surface area contributed by atoms with Gasteiger partial charge < -0.3 is 0 Å². The summed E-state index contributed by atoms with van der Waals surface area (Å²) in [6.45, 7) is 7.00. The predicted octanol–water partition coefficient (Wildman–Crippen LogP) is 3.76. The first-order valence-corrected chi connectivity index (χ1v) is 5.42. The van der Waals surface area contributed by atoms with E-state index in [1.165, 1.54) is 12.8 Å². The standard InChI is InChI=1S/C10H17Br/c1-8-5-4-6-10(2,3)9(8)7-11/h5,9H,4,6-7H2,1-3H3. The Bertz CT molecular complexity index is 168. The highest BCUT2D eigenvalue weighted by atomic mass is 79.9. The van der Waals surface area contributed by atoms with Gasteiger partial charge in [-0.2, -0.15) is 0 Å². The largest absolute Gasteiger partial charge is 0.0921 e. The lowest BCUT2D eigenvalue weighted by Gasteiger charge is -2.37. The van der Waals surface area contributed by atoms with Crippen molar-refractivity contribution in [3.8, 4) is 0 Å². The Morgan fingerprint density at radius 3 is 2.64 bits per heavy atom. The van der Waals surface area contributed by atoms with Gasteiger partial charge in [-0.15, -0.1) is 0 Å². The summed E-state index contributed by atoms with van der Waals surface area (Å²) in [7, 11) is 0. The molecule has 0 saturated carbocycles. The lowest BCUT2D eigenvalue weighted by molar-refractivity contribution is 0.237. The first-order chi connectivity index (χ1) is 5.08. The molecule has 1 heteroatoms. The molecule has 64 valence electrons. The Hall–Kier alpha value is 0.220. The van der Waals surface area contributed by atoms with Gasteiger partial charge in [0.05, 0.1) is 0 Å². The zero-order valence-corrected chi connectivity index (χ0v) is 9.24. The molecule has 0 fully saturated rings. The molecule has 0 saturated heterocycles. The first kappa shape index (κ1) is 9.31. The van der Waals surface area contributed by atoms with Crippen LogP contribution in [0.15, 0.2) is 11.6 Å². The minimum absolute atomic E-state index is 0.502. The summed E-state index contributed by atoms with van der Waals surface area (Å²) in [6.07, 6.45) is 4.99. The van der Waals surface area contributed by atoms with Gasteiger partial charge in [0, 0.05) is 5.33 Å². The molecule has 0 amide bonds. The van der Waals surface area contributed by atoms with Gasteiger partial charge in [0.25, 0.3) is 0 Å². The summed E-state index contributed by atoms with van der Waals surface area (Å²) < 4.78 is 0. The van der Waals surface area contributed by atoms with Gasteiger partial charge in [-0.05, 0) is 31.1 Å². The fourth-order valence-electron chi connectivity index (χ4n) is 1.94. The third kappa shape index (κ3) is 1.87. The fraction of sp³-hybridized carbons (Fsp3) is 0.800. The van der Waals surface area contributed by atoms with Gasteiger partial charge >= 0.3 is 0 Å². The number of alkyl halides is 1. The van der Waals surface area contributed by atoms with Crippen LogP contribution < -0.4 is 0 Å². The van der Waals surface area contributed by atoms with E-state index in [2.05, 4.69) is 42.8 Å². The van der Waals surface area contributed by atoms with E-state index in [4.69, 9.17) is 0 Å². The highest BCUT2D eigenvalue weighted by Gasteiger charge is 2.31. The van der Waals surface area contributed by atoms with Crippen molar-refractivity contribution in [2.24, 2.45) is 11.3 Å². The van der Waals surface area contributed by atoms with Crippen molar-refractivity contribution in [2.45, 2.75) is 33.6 Å². The summed E-state index contributed by atoms with van der Waals surface area (Å²) in [6, 6.07) is 0. The second-order valence-electron chi connectivity index (χ2n) is 4.18. The molecule has 0 spiro atoms. The normalized spacial score (nSPS) is 29.8. The zero-order valence-electron chi connectivity index (χ0n) is 7.65. The van der Waals surface area contributed by atoms with Crippen LogP contribution in [0.25, 0.3) is 0 Å². The Balaban J connectivity index is 2.80. The van der Waals surface area contributed by atoms with Crippen LogP contribution in [0.3, 0.4) is 0 Å². The average Bonchev–Trinajstić information content (AvgIpc) is 1.86. The minimum atomic E-state index is 0.502. The monoisotopic (exact) mass is 216 g/mol. The smallest absolute Gasteiger partial charge is 0.0102 e. The highest BCUT2D eigenvalue weighted by molar-refractivity contribution is 9.09. The van der Waals surface area contributed by atoms with Gasteiger partial charge in [0.1, 0.15) is 0 Å². The van der Waals surface area contributed by atoms with Crippen LogP contribution in [0.1, 0.15) is 33.6 Å². The van der Waals surface area contributed by atoms with E-state index in [9.17, 15) is 0 Å². The van der Waals surface area contributed by atoms with Crippen molar-refractivity contribution >= 4 is 15.9 Å². The molecule has 0 aromatic carbocycles. The maximum atomic E-state index is 3.59. The van der Waals surface area contributed by atoms with Crippen molar-refractivity contribution in [1.82, 2.24) is 0 Å². The van der Waals surface area contributed by atoms with Crippen molar-refractivity contribution in [2.75, 3.05) is 5.33 Å². The average molecular weight is 217 g/mol. The van der Waals surface area contributed by atoms with Crippen LogP contribution in [-0.4, -0.2) is 5.33 Å². The Morgan fingerprint density at radius 1 is 1.64 bits per heavy atom. The van der Waals surface area contributed by atoms with E-state index in [0.29, 0.717) is 5.41 Å². The number of hydrogen-bond donors (Lipinski definition) is 0. The molecule has 1 unspecified atom stereocenters. The van der Waals surface area contributed by atoms with Gasteiger partial charge in [0.15, 0.2) is 0 Å². The third-order valence-electron chi connectivity index (χ3n) is 2.90. The van der Waals surface area contributed by atoms with Crippen molar-refractivity contribution in [3.63, 3.8) is 0 Å². The summed E-state index contributed by atoms with van der Waals surface area (Å²) in [5.41, 5.74) is 2.07. The van der Waals surface area contributed by atoms with E-state index in [-0.39, 0.29) is 0 Å². The van der Waals surface area contributed by atoms with Gasteiger partial charge in [-0.3, -0.25) is 0 Å². The van der Waals surface area contributed by atoms with Crippen molar-refractivity contribution in [3.05, 3.63) is 11.6 Å². The van der Waals surface area contributed by atoms with Crippen LogP contribution in [-0.2, 0) is 0 Å². The molecule has 0 N–H and O–H groups in total. The molecule has 11 heavy (non-hydrogen) atoms. The number of hydrogen-bond acceptors (Lipinski definition) is 0. The molecule has 0 radical (unpaired) electrons. The Labute approximate surface area is 78.2 Å². The van der Waals surface area contributed by atoms with Crippen LogP contribution in [0.4, 0.5) is 0 Å². The lowest BCUT2D eigenvalue weighted by Crippen LogP contribution is -2.28. The number of allylic oxidation sites excluding steroid dienone is 2. The topological polar surface area (TPSA) is 0 Å². The molecule has 1 aliphatic rings. The molecule has 1 aliphatic carbocycles. The Morgan fingerprint density at radius 2 is 2.27 bits per heavy atom. The van der Waals surface area contributed by atoms with Crippen molar-refractivity contribution in [1.29, 1.82) is 0 Å². The molecule has 1 rings (SSSR count). The fourth-order valence-corrected chi connectivity index (χ4v) is 3.32. The molecular formula is C10H17Br. The summed E-state index contributed by atoms with van der Waals surface area (Å²) in [4.78, 5) is 0. The minimum Gasteiger partial charge on any atom is -0.0921 e. The second kappa shape index (κ2) is 3.30. The summed E-state index contributed by atoms with van der Waals surface area (Å²) in [5, 5.41) is 1.11. The van der Waals surface area contributed by atoms with Gasteiger partial charge in [-0.1, -0.05) is 41.4 Å². The lowest BCUT2D eigenvalue weighted by atomic mass is 9.70. The van der Waals surface area contributed by atoms with Crippen LogP contribution in [0.5, 0.6) is 0 Å². The zero-order chi connectivity index (χ0) is 8.48. The molecule has 0 aromatic heterocycles. The number of halogens is 1. The quantitative estimate of drug-likeness (QED) is 0.463. The van der Waals surface area contributed by atoms with E-state index in [1.54, 1.807) is 5.57 Å².